The second kappa shape index (κ2) is 5.44. The minimum atomic E-state index is -3.31. The van der Waals surface area contributed by atoms with Crippen LogP contribution in [0.3, 0.4) is 0 Å². The lowest BCUT2D eigenvalue weighted by molar-refractivity contribution is -0.141. The number of rotatable bonds is 6. The van der Waals surface area contributed by atoms with Crippen LogP contribution in [0.2, 0.25) is 0 Å². The van der Waals surface area contributed by atoms with Crippen LogP contribution >= 0.6 is 0 Å². The van der Waals surface area contributed by atoms with Crippen LogP contribution < -0.4 is 0 Å². The van der Waals surface area contributed by atoms with E-state index in [1.807, 2.05) is 0 Å². The summed E-state index contributed by atoms with van der Waals surface area (Å²) in [7, 11) is -3.31. The Morgan fingerprint density at radius 1 is 1.33 bits per heavy atom. The number of carbonyl (C=O) groups is 1. The van der Waals surface area contributed by atoms with E-state index in [9.17, 15) is 18.3 Å². The van der Waals surface area contributed by atoms with Gasteiger partial charge in [0.1, 0.15) is 10.9 Å². The van der Waals surface area contributed by atoms with E-state index in [2.05, 4.69) is 5.10 Å². The lowest BCUT2D eigenvalue weighted by Crippen LogP contribution is -2.22. The lowest BCUT2D eigenvalue weighted by Gasteiger charge is -2.17. The largest absolute Gasteiger partial charge is 0.480 e. The van der Waals surface area contributed by atoms with Crippen LogP contribution in [0.4, 0.5) is 0 Å². The molecule has 21 heavy (non-hydrogen) atoms. The molecule has 0 spiro atoms. The Kier molecular flexibility index (Phi) is 3.77. The molecule has 1 heterocycles. The van der Waals surface area contributed by atoms with Gasteiger partial charge in [-0.25, -0.2) is 13.2 Å². The molecule has 6 nitrogen and oxygen atoms in total. The van der Waals surface area contributed by atoms with Gasteiger partial charge < -0.3 is 5.11 Å². The number of aliphatic carboxylic acids is 1. The van der Waals surface area contributed by atoms with Gasteiger partial charge in [-0.1, -0.05) is 25.7 Å². The van der Waals surface area contributed by atoms with Gasteiger partial charge >= 0.3 is 5.97 Å². The van der Waals surface area contributed by atoms with Gasteiger partial charge in [0.15, 0.2) is 9.84 Å². The molecular weight excluding hydrogens is 292 g/mol. The van der Waals surface area contributed by atoms with Gasteiger partial charge in [-0.3, -0.25) is 4.68 Å². The van der Waals surface area contributed by atoms with Gasteiger partial charge in [0.2, 0.25) is 0 Å². The number of nitrogens with zero attached hydrogens (tertiary/aromatic N) is 2. The van der Waals surface area contributed by atoms with Crippen molar-refractivity contribution in [1.82, 2.24) is 9.78 Å². The van der Waals surface area contributed by atoms with Crippen LogP contribution in [-0.2, 0) is 14.6 Å². The van der Waals surface area contributed by atoms with Gasteiger partial charge in [-0.05, 0) is 25.2 Å². The van der Waals surface area contributed by atoms with Crippen molar-refractivity contribution in [2.75, 3.05) is 0 Å². The fraction of sp³-hybridized carbons (Fsp3) is 0.714. The molecule has 0 aromatic carbocycles. The summed E-state index contributed by atoms with van der Waals surface area (Å²) in [4.78, 5) is 11.6. The van der Waals surface area contributed by atoms with E-state index in [1.54, 1.807) is 0 Å². The maximum Gasteiger partial charge on any atom is 0.328 e. The summed E-state index contributed by atoms with van der Waals surface area (Å²) in [6.45, 7) is 0. The van der Waals surface area contributed by atoms with E-state index in [0.717, 1.165) is 25.7 Å². The SMILES string of the molecule is O=C(O)C(CC1CCCC1)n1cc(S(=O)(=O)C2CC2)cn1. The summed E-state index contributed by atoms with van der Waals surface area (Å²) in [5.74, 6) is -0.542. The van der Waals surface area contributed by atoms with Gasteiger partial charge in [0.05, 0.1) is 11.4 Å². The zero-order valence-corrected chi connectivity index (χ0v) is 12.6. The van der Waals surface area contributed by atoms with Crippen molar-refractivity contribution in [3.8, 4) is 0 Å². The van der Waals surface area contributed by atoms with Crippen LogP contribution in [0, 0.1) is 5.92 Å². The molecule has 116 valence electrons. The van der Waals surface area contributed by atoms with E-state index in [0.29, 0.717) is 25.2 Å². The first-order valence-corrected chi connectivity index (χ1v) is 9.04. The van der Waals surface area contributed by atoms with E-state index in [-0.39, 0.29) is 10.1 Å². The number of hydrogen-bond acceptors (Lipinski definition) is 4. The molecule has 0 radical (unpaired) electrons. The Bertz CT molecular complexity index is 627. The van der Waals surface area contributed by atoms with Crippen molar-refractivity contribution >= 4 is 15.8 Å². The first kappa shape index (κ1) is 14.6. The number of carboxylic acids is 1. The Morgan fingerprint density at radius 2 is 2.00 bits per heavy atom. The molecule has 1 aromatic heterocycles. The van der Waals surface area contributed by atoms with Crippen molar-refractivity contribution in [2.24, 2.45) is 5.92 Å². The molecule has 7 heteroatoms. The highest BCUT2D eigenvalue weighted by Gasteiger charge is 2.38. The summed E-state index contributed by atoms with van der Waals surface area (Å²) >= 11 is 0. The second-order valence-electron chi connectivity index (χ2n) is 6.14. The average molecular weight is 312 g/mol. The lowest BCUT2D eigenvalue weighted by atomic mass is 9.98. The van der Waals surface area contributed by atoms with E-state index >= 15 is 0 Å². The third-order valence-electron chi connectivity index (χ3n) is 4.51. The monoisotopic (exact) mass is 312 g/mol. The average Bonchev–Trinajstić information content (AvgIpc) is 2.98. The molecule has 2 aliphatic rings. The zero-order chi connectivity index (χ0) is 15.0. The van der Waals surface area contributed by atoms with Gasteiger partial charge in [-0.2, -0.15) is 5.10 Å². The highest BCUT2D eigenvalue weighted by molar-refractivity contribution is 7.92. The molecule has 2 fully saturated rings. The molecule has 2 saturated carbocycles. The molecule has 0 aliphatic heterocycles. The molecule has 0 bridgehead atoms. The Hall–Kier alpha value is -1.37. The third-order valence-corrected chi connectivity index (χ3v) is 6.72. The molecule has 1 unspecified atom stereocenters. The highest BCUT2D eigenvalue weighted by Crippen LogP contribution is 2.35. The van der Waals surface area contributed by atoms with Crippen molar-refractivity contribution in [2.45, 2.75) is 61.1 Å². The number of sulfone groups is 1. The highest BCUT2D eigenvalue weighted by atomic mass is 32.2. The second-order valence-corrected chi connectivity index (χ2v) is 8.37. The smallest absolute Gasteiger partial charge is 0.328 e. The number of carboxylic acid groups (broad SMARTS) is 1. The van der Waals surface area contributed by atoms with Crippen molar-refractivity contribution in [3.63, 3.8) is 0 Å². The fourth-order valence-electron chi connectivity index (χ4n) is 3.09. The van der Waals surface area contributed by atoms with Gasteiger partial charge in [0.25, 0.3) is 0 Å². The maximum absolute atomic E-state index is 12.1. The molecule has 0 saturated heterocycles. The Labute approximate surface area is 124 Å². The molecule has 3 rings (SSSR count). The van der Waals surface area contributed by atoms with Gasteiger partial charge in [-0.15, -0.1) is 0 Å². The van der Waals surface area contributed by atoms with E-state index < -0.39 is 21.8 Å². The van der Waals surface area contributed by atoms with Crippen molar-refractivity contribution in [1.29, 1.82) is 0 Å². The predicted octanol–water partition coefficient (Wildman–Crippen LogP) is 2.03. The van der Waals surface area contributed by atoms with Crippen LogP contribution in [0.15, 0.2) is 17.3 Å². The number of hydrogen-bond donors (Lipinski definition) is 1. The van der Waals surface area contributed by atoms with Crippen LogP contribution in [-0.4, -0.2) is 34.5 Å². The topological polar surface area (TPSA) is 89.3 Å². The Balaban J connectivity index is 1.79. The number of aromatic nitrogens is 2. The van der Waals surface area contributed by atoms with Crippen LogP contribution in [0.1, 0.15) is 51.0 Å². The molecular formula is C14H20N2O4S. The quantitative estimate of drug-likeness (QED) is 0.868. The predicted molar refractivity (Wildman–Crippen MR) is 75.7 cm³/mol. The maximum atomic E-state index is 12.1. The molecule has 1 atom stereocenters. The van der Waals surface area contributed by atoms with Crippen molar-refractivity contribution in [3.05, 3.63) is 12.4 Å². The molecule has 0 amide bonds. The van der Waals surface area contributed by atoms with Crippen LogP contribution in [0.25, 0.3) is 0 Å². The summed E-state index contributed by atoms with van der Waals surface area (Å²) in [6, 6.07) is -0.767. The summed E-state index contributed by atoms with van der Waals surface area (Å²) < 4.78 is 25.6. The Morgan fingerprint density at radius 3 is 2.57 bits per heavy atom. The standard InChI is InChI=1S/C14H20N2O4S/c17-14(18)13(7-10-3-1-2-4-10)16-9-12(8-15-16)21(19,20)11-5-6-11/h8-11,13H,1-7H2,(H,17,18). The first-order chi connectivity index (χ1) is 9.98. The zero-order valence-electron chi connectivity index (χ0n) is 11.8. The van der Waals surface area contributed by atoms with Gasteiger partial charge in [0, 0.05) is 6.20 Å². The molecule has 2 aliphatic carbocycles. The summed E-state index contributed by atoms with van der Waals surface area (Å²) in [6.07, 6.45) is 9.00. The minimum absolute atomic E-state index is 0.155. The summed E-state index contributed by atoms with van der Waals surface area (Å²) in [5.41, 5.74) is 0. The van der Waals surface area contributed by atoms with E-state index in [1.165, 1.54) is 17.1 Å². The van der Waals surface area contributed by atoms with Crippen LogP contribution in [0.5, 0.6) is 0 Å². The third kappa shape index (κ3) is 2.97. The summed E-state index contributed by atoms with van der Waals surface area (Å²) in [5, 5.41) is 13.1. The first-order valence-electron chi connectivity index (χ1n) is 7.49. The molecule has 1 N–H and O–H groups in total. The normalized spacial score (nSPS) is 21.5. The van der Waals surface area contributed by atoms with E-state index in [4.69, 9.17) is 0 Å². The minimum Gasteiger partial charge on any atom is -0.480 e. The van der Waals surface area contributed by atoms with Crippen molar-refractivity contribution < 1.29 is 18.3 Å². The fourth-order valence-corrected chi connectivity index (χ4v) is 4.68. The molecule has 1 aromatic rings.